The highest BCUT2D eigenvalue weighted by molar-refractivity contribution is 5.90. The Kier molecular flexibility index (Phi) is 7.15. The number of urea groups is 1. The van der Waals surface area contributed by atoms with Gasteiger partial charge in [-0.2, -0.15) is 0 Å². The molecule has 0 atom stereocenters. The number of rotatable bonds is 7. The number of amides is 2. The maximum absolute atomic E-state index is 12.8. The summed E-state index contributed by atoms with van der Waals surface area (Å²) in [6.45, 7) is 6.63. The normalized spacial score (nSPS) is 15.6. The van der Waals surface area contributed by atoms with Crippen molar-refractivity contribution in [2.45, 2.75) is 25.7 Å². The second-order valence-electron chi connectivity index (χ2n) is 9.42. The topological polar surface area (TPSA) is 53.6 Å². The van der Waals surface area contributed by atoms with Gasteiger partial charge in [-0.15, -0.1) is 0 Å². The molecule has 2 N–H and O–H groups in total. The summed E-state index contributed by atoms with van der Waals surface area (Å²) in [7, 11) is 0. The Balaban J connectivity index is 1.24. The molecule has 0 bridgehead atoms. The molecule has 3 aromatic carbocycles. The van der Waals surface area contributed by atoms with E-state index in [0.29, 0.717) is 13.2 Å². The fraction of sp³-hybridized carbons (Fsp3) is 0.300. The van der Waals surface area contributed by atoms with Gasteiger partial charge in [0, 0.05) is 36.3 Å². The number of hydrogen-bond acceptors (Lipinski definition) is 3. The van der Waals surface area contributed by atoms with Crippen molar-refractivity contribution < 1.29 is 9.53 Å². The average Bonchev–Trinajstić information content (AvgIpc) is 3.40. The number of fused-ring (bicyclic) bond motifs is 1. The third kappa shape index (κ3) is 5.57. The lowest BCUT2D eigenvalue weighted by Gasteiger charge is -2.26. The number of ether oxygens (including phenoxy) is 1. The van der Waals surface area contributed by atoms with Gasteiger partial charge in [-0.25, -0.2) is 4.79 Å². The molecule has 2 aliphatic rings. The molecule has 5 nitrogen and oxygen atoms in total. The summed E-state index contributed by atoms with van der Waals surface area (Å²) in [4.78, 5) is 15.3. The number of allylic oxidation sites excluding steroid dienone is 1. The Labute approximate surface area is 207 Å². The lowest BCUT2D eigenvalue weighted by Crippen LogP contribution is -2.32. The van der Waals surface area contributed by atoms with Gasteiger partial charge >= 0.3 is 6.03 Å². The van der Waals surface area contributed by atoms with Crippen molar-refractivity contribution >= 4 is 17.3 Å². The Morgan fingerprint density at radius 2 is 1.60 bits per heavy atom. The molecule has 2 aliphatic heterocycles. The summed E-state index contributed by atoms with van der Waals surface area (Å²) in [6, 6.07) is 26.3. The maximum atomic E-state index is 12.8. The largest absolute Gasteiger partial charge is 0.488 e. The van der Waals surface area contributed by atoms with E-state index in [1.165, 1.54) is 48.2 Å². The fourth-order valence-electron chi connectivity index (χ4n) is 5.04. The third-order valence-electron chi connectivity index (χ3n) is 7.06. The molecule has 5 rings (SSSR count). The smallest absolute Gasteiger partial charge is 0.319 e. The predicted octanol–water partition coefficient (Wildman–Crippen LogP) is 5.90. The first kappa shape index (κ1) is 23.2. The van der Waals surface area contributed by atoms with Crippen LogP contribution in [0.1, 0.15) is 42.4 Å². The minimum atomic E-state index is -0.223. The SMILES string of the molecule is CC1=C(CN2CCCC2)COc2cc(NC(=O)NCC(c3ccccc3)c3ccccc3)ccc21. The predicted molar refractivity (Wildman–Crippen MR) is 142 cm³/mol. The van der Waals surface area contributed by atoms with Crippen LogP contribution in [-0.2, 0) is 0 Å². The zero-order valence-corrected chi connectivity index (χ0v) is 20.3. The van der Waals surface area contributed by atoms with Crippen molar-refractivity contribution in [1.82, 2.24) is 10.2 Å². The van der Waals surface area contributed by atoms with Crippen LogP contribution in [0.2, 0.25) is 0 Å². The van der Waals surface area contributed by atoms with Crippen molar-refractivity contribution in [3.05, 3.63) is 101 Å². The van der Waals surface area contributed by atoms with Crippen LogP contribution in [0.4, 0.5) is 10.5 Å². The average molecular weight is 468 g/mol. The molecule has 0 aromatic heterocycles. The number of hydrogen-bond donors (Lipinski definition) is 2. The molecule has 0 spiro atoms. The Morgan fingerprint density at radius 3 is 2.26 bits per heavy atom. The van der Waals surface area contributed by atoms with Crippen LogP contribution in [0.15, 0.2) is 84.4 Å². The highest BCUT2D eigenvalue weighted by atomic mass is 16.5. The van der Waals surface area contributed by atoms with Gasteiger partial charge in [-0.3, -0.25) is 4.90 Å². The molecule has 0 radical (unpaired) electrons. The first-order valence-corrected chi connectivity index (χ1v) is 12.5. The van der Waals surface area contributed by atoms with Crippen LogP contribution in [0.5, 0.6) is 5.75 Å². The molecule has 0 aliphatic carbocycles. The van der Waals surface area contributed by atoms with Gasteiger partial charge in [0.05, 0.1) is 0 Å². The van der Waals surface area contributed by atoms with Crippen LogP contribution < -0.4 is 15.4 Å². The summed E-state index contributed by atoms with van der Waals surface area (Å²) in [6.07, 6.45) is 2.58. The van der Waals surface area contributed by atoms with E-state index in [1.807, 2.05) is 48.5 Å². The minimum absolute atomic E-state index is 0.0804. The molecule has 1 saturated heterocycles. The zero-order chi connectivity index (χ0) is 24.0. The highest BCUT2D eigenvalue weighted by Gasteiger charge is 2.21. The summed E-state index contributed by atoms with van der Waals surface area (Å²) < 4.78 is 6.10. The Bertz CT molecular complexity index is 1150. The fourth-order valence-corrected chi connectivity index (χ4v) is 5.04. The van der Waals surface area contributed by atoms with Crippen molar-refractivity contribution in [1.29, 1.82) is 0 Å². The van der Waals surface area contributed by atoms with Gasteiger partial charge in [0.15, 0.2) is 0 Å². The molecule has 2 heterocycles. The van der Waals surface area contributed by atoms with Gasteiger partial charge in [0.1, 0.15) is 12.4 Å². The van der Waals surface area contributed by atoms with Crippen molar-refractivity contribution in [2.75, 3.05) is 38.1 Å². The Hall–Kier alpha value is -3.57. The number of likely N-dealkylation sites (tertiary alicyclic amines) is 1. The standard InChI is InChI=1S/C30H33N3O2/c1-22-25(20-33-16-8-9-17-33)21-35-29-18-26(14-15-27(22)29)32-30(34)31-19-28(23-10-4-2-5-11-23)24-12-6-3-7-13-24/h2-7,10-15,18,28H,8-9,16-17,19-21H2,1H3,(H2,31,32,34). The van der Waals surface area contributed by atoms with E-state index in [2.05, 4.69) is 52.8 Å². The van der Waals surface area contributed by atoms with E-state index in [9.17, 15) is 4.79 Å². The molecule has 0 unspecified atom stereocenters. The molecule has 1 fully saturated rings. The quantitative estimate of drug-likeness (QED) is 0.455. The van der Waals surface area contributed by atoms with Crippen molar-refractivity contribution in [3.63, 3.8) is 0 Å². The van der Waals surface area contributed by atoms with E-state index < -0.39 is 0 Å². The van der Waals surface area contributed by atoms with Gasteiger partial charge in [-0.1, -0.05) is 60.7 Å². The zero-order valence-electron chi connectivity index (χ0n) is 20.3. The first-order chi connectivity index (χ1) is 17.2. The maximum Gasteiger partial charge on any atom is 0.319 e. The van der Waals surface area contributed by atoms with Crippen LogP contribution in [0.25, 0.3) is 5.57 Å². The van der Waals surface area contributed by atoms with Gasteiger partial charge < -0.3 is 15.4 Å². The van der Waals surface area contributed by atoms with Crippen LogP contribution in [-0.4, -0.2) is 43.7 Å². The van der Waals surface area contributed by atoms with Gasteiger partial charge in [0.2, 0.25) is 0 Å². The second kappa shape index (κ2) is 10.8. The molecular formula is C30H33N3O2. The van der Waals surface area contributed by atoms with Crippen LogP contribution in [0.3, 0.4) is 0 Å². The third-order valence-corrected chi connectivity index (χ3v) is 7.06. The summed E-state index contributed by atoms with van der Waals surface area (Å²) in [5.74, 6) is 0.911. The van der Waals surface area contributed by atoms with Crippen molar-refractivity contribution in [2.24, 2.45) is 0 Å². The Morgan fingerprint density at radius 1 is 0.943 bits per heavy atom. The lowest BCUT2D eigenvalue weighted by atomic mass is 9.91. The molecular weight excluding hydrogens is 434 g/mol. The van der Waals surface area contributed by atoms with Crippen molar-refractivity contribution in [3.8, 4) is 5.75 Å². The van der Waals surface area contributed by atoms with E-state index >= 15 is 0 Å². The summed E-state index contributed by atoms with van der Waals surface area (Å²) in [5.41, 5.74) is 6.84. The first-order valence-electron chi connectivity index (χ1n) is 12.5. The number of anilines is 1. The number of carbonyl (C=O) groups is 1. The summed E-state index contributed by atoms with van der Waals surface area (Å²) in [5, 5.41) is 6.04. The van der Waals surface area contributed by atoms with Gasteiger partial charge in [0.25, 0.3) is 0 Å². The second-order valence-corrected chi connectivity index (χ2v) is 9.42. The van der Waals surface area contributed by atoms with E-state index in [-0.39, 0.29) is 11.9 Å². The lowest BCUT2D eigenvalue weighted by molar-refractivity contribution is 0.252. The highest BCUT2D eigenvalue weighted by Crippen LogP contribution is 2.35. The molecule has 2 amide bonds. The van der Waals surface area contributed by atoms with E-state index in [4.69, 9.17) is 4.74 Å². The molecule has 5 heteroatoms. The number of nitrogens with zero attached hydrogens (tertiary/aromatic N) is 1. The monoisotopic (exact) mass is 467 g/mol. The van der Waals surface area contributed by atoms with E-state index in [1.54, 1.807) is 0 Å². The molecule has 180 valence electrons. The number of carbonyl (C=O) groups excluding carboxylic acids is 1. The van der Waals surface area contributed by atoms with Crippen LogP contribution in [0, 0.1) is 0 Å². The van der Waals surface area contributed by atoms with Gasteiger partial charge in [-0.05, 0) is 67.3 Å². The minimum Gasteiger partial charge on any atom is -0.488 e. The molecule has 3 aromatic rings. The number of nitrogens with one attached hydrogen (secondary N) is 2. The van der Waals surface area contributed by atoms with Crippen LogP contribution >= 0.6 is 0 Å². The molecule has 35 heavy (non-hydrogen) atoms. The van der Waals surface area contributed by atoms with E-state index in [0.717, 1.165) is 23.5 Å². The summed E-state index contributed by atoms with van der Waals surface area (Å²) >= 11 is 0. The molecule has 0 saturated carbocycles. The number of benzene rings is 3.